The van der Waals surface area contributed by atoms with Crippen molar-refractivity contribution >= 4 is 58.2 Å². The lowest BCUT2D eigenvalue weighted by Crippen LogP contribution is -2.54. The monoisotopic (exact) mass is 497 g/mol. The number of hydrogen-bond donors (Lipinski definition) is 1. The summed E-state index contributed by atoms with van der Waals surface area (Å²) in [6, 6.07) is 12.2. The maximum absolute atomic E-state index is 13.2. The van der Waals surface area contributed by atoms with Gasteiger partial charge in [-0.2, -0.15) is 0 Å². The zero-order valence-electron chi connectivity index (χ0n) is 17.8. The van der Waals surface area contributed by atoms with E-state index in [0.29, 0.717) is 27.6 Å². The Morgan fingerprint density at radius 3 is 2.68 bits per heavy atom. The lowest BCUT2D eigenvalue weighted by molar-refractivity contribution is -0.384. The first-order valence-electron chi connectivity index (χ1n) is 9.80. The molecule has 1 aliphatic rings. The minimum atomic E-state index is -0.684. The Balaban J connectivity index is 1.73. The molecule has 11 heteroatoms. The fourth-order valence-electron chi connectivity index (χ4n) is 3.43. The van der Waals surface area contributed by atoms with E-state index in [1.165, 1.54) is 42.4 Å². The Labute approximate surface area is 203 Å². The summed E-state index contributed by atoms with van der Waals surface area (Å²) in [5, 5.41) is 14.0. The number of amides is 2. The molecule has 2 aromatic carbocycles. The average molecular weight is 498 g/mol. The van der Waals surface area contributed by atoms with Crippen LogP contribution in [0.5, 0.6) is 5.75 Å². The van der Waals surface area contributed by atoms with Gasteiger partial charge in [-0.25, -0.2) is 0 Å². The van der Waals surface area contributed by atoms with Gasteiger partial charge in [0.05, 0.1) is 23.3 Å². The van der Waals surface area contributed by atoms with Crippen LogP contribution in [0.4, 0.5) is 11.4 Å². The van der Waals surface area contributed by atoms with E-state index in [1.807, 2.05) is 0 Å². The fourth-order valence-corrected chi connectivity index (χ4v) is 3.88. The van der Waals surface area contributed by atoms with Crippen molar-refractivity contribution in [3.63, 3.8) is 0 Å². The van der Waals surface area contributed by atoms with Crippen LogP contribution < -0.4 is 15.0 Å². The van der Waals surface area contributed by atoms with Crippen LogP contribution in [-0.4, -0.2) is 29.0 Å². The molecule has 9 nitrogen and oxygen atoms in total. The first kappa shape index (κ1) is 23.1. The first-order chi connectivity index (χ1) is 16.2. The van der Waals surface area contributed by atoms with Crippen LogP contribution in [0, 0.1) is 17.0 Å². The van der Waals surface area contributed by atoms with Crippen molar-refractivity contribution in [3.05, 3.63) is 80.6 Å². The molecule has 1 saturated heterocycles. The second-order valence-electron chi connectivity index (χ2n) is 7.19. The molecule has 0 saturated carbocycles. The van der Waals surface area contributed by atoms with Gasteiger partial charge in [0.2, 0.25) is 0 Å². The van der Waals surface area contributed by atoms with Gasteiger partial charge in [0.15, 0.2) is 5.11 Å². The summed E-state index contributed by atoms with van der Waals surface area (Å²) < 4.78 is 11.0. The molecule has 34 heavy (non-hydrogen) atoms. The highest BCUT2D eigenvalue weighted by atomic mass is 35.5. The van der Waals surface area contributed by atoms with Crippen molar-refractivity contribution in [3.8, 4) is 17.1 Å². The maximum atomic E-state index is 13.2. The van der Waals surface area contributed by atoms with E-state index in [4.69, 9.17) is 33.0 Å². The number of nitro benzene ring substituents is 1. The van der Waals surface area contributed by atoms with E-state index in [2.05, 4.69) is 5.32 Å². The van der Waals surface area contributed by atoms with E-state index < -0.39 is 16.7 Å². The highest BCUT2D eigenvalue weighted by Crippen LogP contribution is 2.35. The van der Waals surface area contributed by atoms with Gasteiger partial charge in [-0.3, -0.25) is 29.9 Å². The lowest BCUT2D eigenvalue weighted by Gasteiger charge is -2.30. The number of benzene rings is 2. The third-order valence-electron chi connectivity index (χ3n) is 5.15. The predicted molar refractivity (Wildman–Crippen MR) is 130 cm³/mol. The van der Waals surface area contributed by atoms with Crippen LogP contribution in [0.2, 0.25) is 5.02 Å². The molecule has 1 fully saturated rings. The summed E-state index contributed by atoms with van der Waals surface area (Å²) in [6.45, 7) is 1.73. The number of methoxy groups -OCH3 is 1. The predicted octanol–water partition coefficient (Wildman–Crippen LogP) is 4.66. The van der Waals surface area contributed by atoms with E-state index in [0.717, 1.165) is 0 Å². The Hall–Kier alpha value is -4.02. The number of hydrogen-bond acceptors (Lipinski definition) is 7. The molecule has 0 spiro atoms. The number of non-ortho nitro benzene ring substituents is 1. The van der Waals surface area contributed by atoms with Crippen LogP contribution in [0.25, 0.3) is 17.4 Å². The quantitative estimate of drug-likeness (QED) is 0.179. The van der Waals surface area contributed by atoms with Crippen LogP contribution in [-0.2, 0) is 9.59 Å². The molecule has 3 aromatic rings. The average Bonchev–Trinajstić information content (AvgIpc) is 3.27. The topological polar surface area (TPSA) is 115 Å². The number of nitrogens with one attached hydrogen (secondary N) is 1. The first-order valence-corrected chi connectivity index (χ1v) is 10.6. The molecule has 0 bridgehead atoms. The number of rotatable bonds is 5. The Bertz CT molecular complexity index is 1400. The highest BCUT2D eigenvalue weighted by Gasteiger charge is 2.35. The van der Waals surface area contributed by atoms with Gasteiger partial charge in [0.1, 0.15) is 22.8 Å². The standard InChI is InChI=1S/C23H16ClN3O6S/c1-12-17(24)4-3-5-18(12)26-22(29)16(21(28)25-23(26)34)11-14-7-9-20(33-14)15-10-13(27(30)31)6-8-19(15)32-2/h3-11H,1-2H3,(H,25,28,34)/b16-11+. The minimum Gasteiger partial charge on any atom is -0.496 e. The Kier molecular flexibility index (Phi) is 6.18. The summed E-state index contributed by atoms with van der Waals surface area (Å²) in [6.07, 6.45) is 1.28. The third-order valence-corrected chi connectivity index (χ3v) is 5.85. The number of carbonyl (C=O) groups is 2. The van der Waals surface area contributed by atoms with Crippen molar-refractivity contribution in [1.82, 2.24) is 5.32 Å². The van der Waals surface area contributed by atoms with Gasteiger partial charge in [-0.15, -0.1) is 0 Å². The Morgan fingerprint density at radius 2 is 1.97 bits per heavy atom. The smallest absolute Gasteiger partial charge is 0.270 e. The number of anilines is 1. The van der Waals surface area contributed by atoms with Crippen molar-refractivity contribution in [2.75, 3.05) is 12.0 Å². The number of nitro groups is 1. The number of nitrogens with zero attached hydrogens (tertiary/aromatic N) is 2. The van der Waals surface area contributed by atoms with Gasteiger partial charge < -0.3 is 9.15 Å². The molecule has 0 atom stereocenters. The number of thiocarbonyl (C=S) groups is 1. The van der Waals surface area contributed by atoms with Gasteiger partial charge in [-0.05, 0) is 61.1 Å². The van der Waals surface area contributed by atoms with Crippen molar-refractivity contribution in [1.29, 1.82) is 0 Å². The second kappa shape index (κ2) is 9.08. The fraction of sp³-hybridized carbons (Fsp3) is 0.0870. The van der Waals surface area contributed by atoms with E-state index in [1.54, 1.807) is 31.2 Å². The van der Waals surface area contributed by atoms with Crippen molar-refractivity contribution < 1.29 is 23.7 Å². The lowest BCUT2D eigenvalue weighted by atomic mass is 10.1. The number of halogens is 1. The van der Waals surface area contributed by atoms with Crippen molar-refractivity contribution in [2.24, 2.45) is 0 Å². The van der Waals surface area contributed by atoms with E-state index in [-0.39, 0.29) is 27.9 Å². The number of ether oxygens (including phenoxy) is 1. The van der Waals surface area contributed by atoms with Crippen LogP contribution in [0.15, 0.2) is 58.5 Å². The molecule has 1 N–H and O–H groups in total. The normalized spacial score (nSPS) is 15.0. The molecule has 0 aliphatic carbocycles. The van der Waals surface area contributed by atoms with Gasteiger partial charge in [0, 0.05) is 17.2 Å². The maximum Gasteiger partial charge on any atom is 0.270 e. The van der Waals surface area contributed by atoms with Crippen LogP contribution in [0.1, 0.15) is 11.3 Å². The van der Waals surface area contributed by atoms with Crippen LogP contribution in [0.3, 0.4) is 0 Å². The summed E-state index contributed by atoms with van der Waals surface area (Å²) in [5.74, 6) is -0.535. The summed E-state index contributed by atoms with van der Waals surface area (Å²) in [4.78, 5) is 37.6. The molecular weight excluding hydrogens is 482 g/mol. The van der Waals surface area contributed by atoms with Gasteiger partial charge in [0.25, 0.3) is 17.5 Å². The SMILES string of the molecule is COc1ccc([N+](=O)[O-])cc1-c1ccc(/C=C2\C(=O)NC(=S)N(c3cccc(Cl)c3C)C2=O)o1. The molecule has 0 unspecified atom stereocenters. The van der Waals surface area contributed by atoms with Gasteiger partial charge in [-0.1, -0.05) is 17.7 Å². The zero-order chi connectivity index (χ0) is 24.6. The van der Waals surface area contributed by atoms with Gasteiger partial charge >= 0.3 is 0 Å². The van der Waals surface area contributed by atoms with Crippen molar-refractivity contribution in [2.45, 2.75) is 6.92 Å². The minimum absolute atomic E-state index is 0.0704. The molecule has 0 radical (unpaired) electrons. The second-order valence-corrected chi connectivity index (χ2v) is 7.98. The molecule has 2 amide bonds. The van der Waals surface area contributed by atoms with Crippen LogP contribution >= 0.6 is 23.8 Å². The molecule has 2 heterocycles. The summed E-state index contributed by atoms with van der Waals surface area (Å²) in [7, 11) is 1.43. The Morgan fingerprint density at radius 1 is 1.21 bits per heavy atom. The molecule has 172 valence electrons. The zero-order valence-corrected chi connectivity index (χ0v) is 19.4. The molecule has 4 rings (SSSR count). The molecular formula is C23H16ClN3O6S. The van der Waals surface area contributed by atoms with E-state index >= 15 is 0 Å². The summed E-state index contributed by atoms with van der Waals surface area (Å²) in [5.41, 5.74) is 1.05. The molecule has 1 aromatic heterocycles. The highest BCUT2D eigenvalue weighted by molar-refractivity contribution is 7.80. The van der Waals surface area contributed by atoms with E-state index in [9.17, 15) is 19.7 Å². The summed E-state index contributed by atoms with van der Waals surface area (Å²) >= 11 is 11.4. The largest absolute Gasteiger partial charge is 0.496 e. The number of furan rings is 1. The number of carbonyl (C=O) groups excluding carboxylic acids is 2. The molecule has 1 aliphatic heterocycles. The third kappa shape index (κ3) is 4.16.